The van der Waals surface area contributed by atoms with E-state index in [-0.39, 0.29) is 18.5 Å². The number of hydrogen-bond donors (Lipinski definition) is 2. The molecule has 23 heavy (non-hydrogen) atoms. The van der Waals surface area contributed by atoms with Crippen LogP contribution in [0, 0.1) is 0 Å². The van der Waals surface area contributed by atoms with Crippen LogP contribution in [0.15, 0.2) is 21.7 Å². The second-order valence-electron chi connectivity index (χ2n) is 5.29. The molecule has 0 unspecified atom stereocenters. The van der Waals surface area contributed by atoms with Crippen molar-refractivity contribution in [2.24, 2.45) is 12.0 Å². The highest BCUT2D eigenvalue weighted by atomic mass is 79.9. The Balaban J connectivity index is 1.86. The molecule has 1 aliphatic rings. The molecule has 0 atom stereocenters. The van der Waals surface area contributed by atoms with Crippen LogP contribution in [-0.2, 0) is 18.4 Å². The normalized spacial score (nSPS) is 15.1. The quantitative estimate of drug-likeness (QED) is 0.435. The summed E-state index contributed by atoms with van der Waals surface area (Å²) in [7, 11) is 5.62. The maximum absolute atomic E-state index is 11.5. The smallest absolute Gasteiger partial charge is 0.324 e. The molecule has 1 aromatic rings. The van der Waals surface area contributed by atoms with Gasteiger partial charge in [0.25, 0.3) is 0 Å². The van der Waals surface area contributed by atoms with Crippen LogP contribution < -0.4 is 10.6 Å². The van der Waals surface area contributed by atoms with Crippen LogP contribution in [-0.4, -0.2) is 66.0 Å². The standard InChI is InChI=1S/C14H21BrN6O2/c1-16-13(17-4-5-21-12(22)7-18-14(21)23)20(3)9-11-6-10(15)8-19(11)2/h6,8H,4-5,7,9H2,1-3H3,(H,16,17)(H,18,23). The zero-order valence-corrected chi connectivity index (χ0v) is 15.1. The number of urea groups is 1. The number of imide groups is 1. The van der Waals surface area contributed by atoms with E-state index in [0.717, 1.165) is 10.2 Å². The summed E-state index contributed by atoms with van der Waals surface area (Å²) in [6.45, 7) is 1.53. The Labute approximate surface area is 143 Å². The van der Waals surface area contributed by atoms with Crippen molar-refractivity contribution in [2.45, 2.75) is 6.54 Å². The van der Waals surface area contributed by atoms with Crippen LogP contribution >= 0.6 is 15.9 Å². The topological polar surface area (TPSA) is 82.0 Å². The Bertz CT molecular complexity index is 611. The van der Waals surface area contributed by atoms with Crippen molar-refractivity contribution in [1.82, 2.24) is 25.0 Å². The number of carbonyl (C=O) groups is 2. The maximum Gasteiger partial charge on any atom is 0.324 e. The van der Waals surface area contributed by atoms with Gasteiger partial charge in [0.15, 0.2) is 5.96 Å². The molecule has 0 saturated carbocycles. The van der Waals surface area contributed by atoms with Crippen molar-refractivity contribution in [3.05, 3.63) is 22.4 Å². The number of rotatable bonds is 5. The summed E-state index contributed by atoms with van der Waals surface area (Å²) in [6, 6.07) is 1.71. The lowest BCUT2D eigenvalue weighted by Gasteiger charge is -2.23. The fraction of sp³-hybridized carbons (Fsp3) is 0.500. The van der Waals surface area contributed by atoms with Gasteiger partial charge >= 0.3 is 6.03 Å². The first kappa shape index (κ1) is 17.3. The van der Waals surface area contributed by atoms with Crippen LogP contribution in [0.25, 0.3) is 0 Å². The zero-order valence-electron chi connectivity index (χ0n) is 13.5. The van der Waals surface area contributed by atoms with E-state index in [4.69, 9.17) is 0 Å². The predicted octanol–water partition coefficient (Wildman–Crippen LogP) is 0.347. The Morgan fingerprint density at radius 1 is 1.52 bits per heavy atom. The van der Waals surface area contributed by atoms with Gasteiger partial charge in [-0.3, -0.25) is 14.7 Å². The molecule has 0 radical (unpaired) electrons. The summed E-state index contributed by atoms with van der Waals surface area (Å²) in [5.41, 5.74) is 1.14. The van der Waals surface area contributed by atoms with E-state index in [1.165, 1.54) is 4.90 Å². The number of guanidine groups is 1. The number of nitrogens with zero attached hydrogens (tertiary/aromatic N) is 4. The molecule has 8 nitrogen and oxygen atoms in total. The minimum atomic E-state index is -0.339. The Morgan fingerprint density at radius 2 is 2.26 bits per heavy atom. The molecular formula is C14H21BrN6O2. The van der Waals surface area contributed by atoms with Crippen LogP contribution in [0.1, 0.15) is 5.69 Å². The molecule has 0 aliphatic carbocycles. The summed E-state index contributed by atoms with van der Waals surface area (Å²) in [6.07, 6.45) is 2.00. The van der Waals surface area contributed by atoms with E-state index in [1.807, 2.05) is 29.8 Å². The molecule has 0 spiro atoms. The summed E-state index contributed by atoms with van der Waals surface area (Å²) < 4.78 is 3.08. The van der Waals surface area contributed by atoms with Crippen molar-refractivity contribution in [3.8, 4) is 0 Å². The molecule has 1 aliphatic heterocycles. The third-order valence-electron chi connectivity index (χ3n) is 3.60. The largest absolute Gasteiger partial charge is 0.354 e. The van der Waals surface area contributed by atoms with Crippen LogP contribution in [0.2, 0.25) is 0 Å². The molecule has 0 bridgehead atoms. The number of aryl methyl sites for hydroxylation is 1. The highest BCUT2D eigenvalue weighted by molar-refractivity contribution is 9.10. The van der Waals surface area contributed by atoms with Crippen molar-refractivity contribution in [2.75, 3.05) is 33.7 Å². The van der Waals surface area contributed by atoms with Gasteiger partial charge in [-0.25, -0.2) is 4.79 Å². The third-order valence-corrected chi connectivity index (χ3v) is 4.04. The fourth-order valence-electron chi connectivity index (χ4n) is 2.39. The fourth-order valence-corrected chi connectivity index (χ4v) is 2.96. The van der Waals surface area contributed by atoms with E-state index in [2.05, 4.69) is 37.6 Å². The van der Waals surface area contributed by atoms with Crippen LogP contribution in [0.4, 0.5) is 4.79 Å². The lowest BCUT2D eigenvalue weighted by atomic mass is 10.4. The van der Waals surface area contributed by atoms with Gasteiger partial charge in [0, 0.05) is 50.6 Å². The first-order chi connectivity index (χ1) is 10.9. The minimum Gasteiger partial charge on any atom is -0.354 e. The van der Waals surface area contributed by atoms with E-state index in [0.29, 0.717) is 25.6 Å². The Hall–Kier alpha value is -2.03. The number of hydrogen-bond acceptors (Lipinski definition) is 3. The third kappa shape index (κ3) is 4.25. The van der Waals surface area contributed by atoms with Gasteiger partial charge in [0.05, 0.1) is 13.1 Å². The lowest BCUT2D eigenvalue weighted by Crippen LogP contribution is -2.43. The summed E-state index contributed by atoms with van der Waals surface area (Å²) in [4.78, 5) is 30.4. The van der Waals surface area contributed by atoms with Crippen molar-refractivity contribution in [1.29, 1.82) is 0 Å². The van der Waals surface area contributed by atoms with E-state index in [1.54, 1.807) is 7.05 Å². The second-order valence-corrected chi connectivity index (χ2v) is 6.21. The molecule has 1 saturated heterocycles. The first-order valence-corrected chi connectivity index (χ1v) is 8.02. The Morgan fingerprint density at radius 3 is 2.78 bits per heavy atom. The number of amides is 3. The second kappa shape index (κ2) is 7.49. The summed E-state index contributed by atoms with van der Waals surface area (Å²) in [5, 5.41) is 5.66. The van der Waals surface area contributed by atoms with E-state index >= 15 is 0 Å². The molecule has 2 rings (SSSR count). The minimum absolute atomic E-state index is 0.0792. The monoisotopic (exact) mass is 384 g/mol. The average Bonchev–Trinajstić information content (AvgIpc) is 2.98. The van der Waals surface area contributed by atoms with Gasteiger partial charge < -0.3 is 20.1 Å². The molecular weight excluding hydrogens is 364 g/mol. The number of halogens is 1. The Kier molecular flexibility index (Phi) is 5.64. The van der Waals surface area contributed by atoms with E-state index < -0.39 is 0 Å². The highest BCUT2D eigenvalue weighted by Gasteiger charge is 2.27. The van der Waals surface area contributed by atoms with Crippen molar-refractivity contribution in [3.63, 3.8) is 0 Å². The molecule has 1 aromatic heterocycles. The van der Waals surface area contributed by atoms with Gasteiger partial charge in [-0.15, -0.1) is 0 Å². The molecule has 9 heteroatoms. The van der Waals surface area contributed by atoms with Crippen molar-refractivity contribution >= 4 is 33.8 Å². The molecule has 2 heterocycles. The summed E-state index contributed by atoms with van der Waals surface area (Å²) in [5.74, 6) is 0.503. The van der Waals surface area contributed by atoms with Crippen LogP contribution in [0.3, 0.4) is 0 Å². The van der Waals surface area contributed by atoms with Gasteiger partial charge in [-0.05, 0) is 22.0 Å². The molecule has 3 amide bonds. The number of carbonyl (C=O) groups excluding carboxylic acids is 2. The number of aromatic nitrogens is 1. The zero-order chi connectivity index (χ0) is 17.0. The van der Waals surface area contributed by atoms with E-state index in [9.17, 15) is 9.59 Å². The lowest BCUT2D eigenvalue weighted by molar-refractivity contribution is -0.124. The molecule has 126 valence electrons. The number of aliphatic imine (C=N–C) groups is 1. The van der Waals surface area contributed by atoms with Gasteiger partial charge in [-0.2, -0.15) is 0 Å². The van der Waals surface area contributed by atoms with Crippen molar-refractivity contribution < 1.29 is 9.59 Å². The first-order valence-electron chi connectivity index (χ1n) is 7.23. The average molecular weight is 385 g/mol. The molecule has 2 N–H and O–H groups in total. The number of nitrogens with one attached hydrogen (secondary N) is 2. The maximum atomic E-state index is 11.5. The predicted molar refractivity (Wildman–Crippen MR) is 91.1 cm³/mol. The SMILES string of the molecule is CN=C(NCCN1C(=O)CNC1=O)N(C)Cc1cc(Br)cn1C. The summed E-state index contributed by atoms with van der Waals surface area (Å²) >= 11 is 3.46. The van der Waals surface area contributed by atoms with Gasteiger partial charge in [-0.1, -0.05) is 0 Å². The highest BCUT2D eigenvalue weighted by Crippen LogP contribution is 2.14. The van der Waals surface area contributed by atoms with Crippen LogP contribution in [0.5, 0.6) is 0 Å². The van der Waals surface area contributed by atoms with Gasteiger partial charge in [0.1, 0.15) is 0 Å². The molecule has 0 aromatic carbocycles. The van der Waals surface area contributed by atoms with Gasteiger partial charge in [0.2, 0.25) is 5.91 Å². The molecule has 1 fully saturated rings.